The Bertz CT molecular complexity index is 2740. The molecule has 7 aromatic carbocycles. The van der Waals surface area contributed by atoms with Gasteiger partial charge in [0.1, 0.15) is 42.4 Å². The predicted molar refractivity (Wildman–Crippen MR) is 281 cm³/mol. The van der Waals surface area contributed by atoms with E-state index < -0.39 is 67.6 Å². The second kappa shape index (κ2) is 26.6. The van der Waals surface area contributed by atoms with Crippen molar-refractivity contribution in [1.82, 2.24) is 5.32 Å². The van der Waals surface area contributed by atoms with Gasteiger partial charge >= 0.3 is 0 Å². The van der Waals surface area contributed by atoms with Crippen LogP contribution in [0.25, 0.3) is 11.1 Å². The first-order valence-corrected chi connectivity index (χ1v) is 25.4. The molecule has 0 aliphatic carbocycles. The third-order valence-electron chi connectivity index (χ3n) is 13.6. The summed E-state index contributed by atoms with van der Waals surface area (Å²) < 4.78 is 55.4. The molecule has 2 aliphatic rings. The Balaban J connectivity index is 1.10. The number of ether oxygens (including phenoxy) is 8. The first-order valence-electron chi connectivity index (χ1n) is 25.4. The van der Waals surface area contributed by atoms with Crippen molar-refractivity contribution in [3.63, 3.8) is 0 Å². The summed E-state index contributed by atoms with van der Waals surface area (Å²) in [6, 6.07) is 64.5. The summed E-state index contributed by atoms with van der Waals surface area (Å²) in [6.45, 7) is 0.404. The van der Waals surface area contributed by atoms with Gasteiger partial charge in [0.15, 0.2) is 0 Å². The van der Waals surface area contributed by atoms with Crippen LogP contribution in [0, 0.1) is 5.92 Å². The molecule has 0 radical (unpaired) electrons. The molecule has 2 aliphatic heterocycles. The normalized spacial score (nSPS) is 23.7. The monoisotopic (exact) mass is 999 g/mol. The van der Waals surface area contributed by atoms with Crippen molar-refractivity contribution in [3.05, 3.63) is 234 Å². The smallest absolute Gasteiger partial charge is 0.251 e. The molecule has 74 heavy (non-hydrogen) atoms. The zero-order valence-electron chi connectivity index (χ0n) is 41.6. The number of aliphatic hydroxyl groups is 2. The lowest BCUT2D eigenvalue weighted by atomic mass is 9.80. The summed E-state index contributed by atoms with van der Waals surface area (Å²) in [7, 11) is 1.61. The lowest BCUT2D eigenvalue weighted by Crippen LogP contribution is -2.64. The fraction of sp³-hybridized carbons (Fsp3) is 0.306. The van der Waals surface area contributed by atoms with Crippen molar-refractivity contribution >= 4 is 5.91 Å². The number of hydrogen-bond acceptors (Lipinski definition) is 11. The van der Waals surface area contributed by atoms with E-state index in [0.717, 1.165) is 38.9 Å². The van der Waals surface area contributed by atoms with Crippen LogP contribution in [0.4, 0.5) is 0 Å². The SMILES string of the molecule is CNC(=O)c1cccc(-c2ccc(O[C@H]3O[C@H](CO)[C@@H](OCc4ccccc4)[C@H](C[C@H]4O[C@H](CO)[C@@H](OCc5ccccc5)[C@H](OCc5ccccc5)[C@@H]4OCc4ccccc4)[C@@H]3OCc3ccccc3)cc2)c1. The fourth-order valence-corrected chi connectivity index (χ4v) is 9.80. The van der Waals surface area contributed by atoms with E-state index in [9.17, 15) is 15.0 Å². The number of nitrogens with one attached hydrogen (secondary N) is 1. The van der Waals surface area contributed by atoms with Crippen LogP contribution in [0.2, 0.25) is 0 Å². The predicted octanol–water partition coefficient (Wildman–Crippen LogP) is 9.50. The Labute approximate surface area is 433 Å². The van der Waals surface area contributed by atoms with E-state index in [2.05, 4.69) is 5.32 Å². The number of rotatable bonds is 23. The third-order valence-corrected chi connectivity index (χ3v) is 13.6. The van der Waals surface area contributed by atoms with Gasteiger partial charge in [0, 0.05) is 18.5 Å². The highest BCUT2D eigenvalue weighted by atomic mass is 16.7. The van der Waals surface area contributed by atoms with Gasteiger partial charge in [0.25, 0.3) is 5.91 Å². The Kier molecular flexibility index (Phi) is 18.8. The molecule has 2 heterocycles. The Morgan fingerprint density at radius 3 is 1.32 bits per heavy atom. The van der Waals surface area contributed by atoms with E-state index in [1.54, 1.807) is 13.1 Å². The molecular formula is C62H65NO11. The fourth-order valence-electron chi connectivity index (χ4n) is 9.80. The summed E-state index contributed by atoms with van der Waals surface area (Å²) in [5.41, 5.74) is 7.05. The summed E-state index contributed by atoms with van der Waals surface area (Å²) in [6.07, 6.45) is -7.05. The van der Waals surface area contributed by atoms with Crippen molar-refractivity contribution in [2.24, 2.45) is 5.92 Å². The van der Waals surface area contributed by atoms with Crippen LogP contribution >= 0.6 is 0 Å². The van der Waals surface area contributed by atoms with Gasteiger partial charge in [-0.15, -0.1) is 0 Å². The van der Waals surface area contributed by atoms with Gasteiger partial charge in [-0.05, 0) is 69.6 Å². The lowest BCUT2D eigenvalue weighted by molar-refractivity contribution is -0.303. The number of aliphatic hydroxyl groups excluding tert-OH is 2. The molecule has 3 N–H and O–H groups in total. The van der Waals surface area contributed by atoms with E-state index in [0.29, 0.717) is 11.3 Å². The number of amides is 1. The average molecular weight is 1000 g/mol. The van der Waals surface area contributed by atoms with Gasteiger partial charge in [-0.1, -0.05) is 176 Å². The Morgan fingerprint density at radius 2 is 0.865 bits per heavy atom. The van der Waals surface area contributed by atoms with Gasteiger partial charge in [0.05, 0.1) is 58.5 Å². The highest BCUT2D eigenvalue weighted by Crippen LogP contribution is 2.41. The van der Waals surface area contributed by atoms with Crippen molar-refractivity contribution in [2.75, 3.05) is 20.3 Å². The largest absolute Gasteiger partial charge is 0.462 e. The van der Waals surface area contributed by atoms with E-state index in [-0.39, 0.29) is 52.0 Å². The standard InChI is InChI=1S/C62H65NO11/c1-63-61(66)50-29-17-28-49(34-50)48-30-32-51(33-31-48)72-62-57(68-39-44-20-9-3-10-21-44)52(56(54(36-64)74-62)67-38-43-18-7-2-8-19-43)35-53-58(69-40-45-22-11-4-12-23-45)60(71-42-47-26-15-6-16-27-47)59(55(37-65)73-53)70-41-46-24-13-5-14-25-46/h2-34,52-60,62,64-65H,35-42H2,1H3,(H,63,66)/t52-,53+,54+,55+,56-,57-,58+,59+,60+,62-/m0/s1. The van der Waals surface area contributed by atoms with Gasteiger partial charge in [-0.2, -0.15) is 0 Å². The topological polar surface area (TPSA) is 143 Å². The molecule has 12 nitrogen and oxygen atoms in total. The summed E-state index contributed by atoms with van der Waals surface area (Å²) in [5.74, 6) is -0.249. The molecule has 0 saturated carbocycles. The molecule has 0 aromatic heterocycles. The molecule has 384 valence electrons. The van der Waals surface area contributed by atoms with Crippen LogP contribution in [0.1, 0.15) is 44.6 Å². The Hall–Kier alpha value is -6.55. The minimum atomic E-state index is -1.05. The zero-order chi connectivity index (χ0) is 50.9. The van der Waals surface area contributed by atoms with Gasteiger partial charge in [0.2, 0.25) is 6.29 Å². The van der Waals surface area contributed by atoms with Crippen LogP contribution in [-0.2, 0) is 66.2 Å². The number of hydrogen-bond donors (Lipinski definition) is 3. The first kappa shape index (κ1) is 52.3. The highest BCUT2D eigenvalue weighted by molar-refractivity contribution is 5.95. The van der Waals surface area contributed by atoms with Crippen LogP contribution < -0.4 is 10.1 Å². The second-order valence-electron chi connectivity index (χ2n) is 18.6. The molecular weight excluding hydrogens is 935 g/mol. The number of carbonyl (C=O) groups is 1. The first-order chi connectivity index (χ1) is 36.5. The van der Waals surface area contributed by atoms with Gasteiger partial charge in [-0.3, -0.25) is 4.79 Å². The molecule has 0 bridgehead atoms. The quantitative estimate of drug-likeness (QED) is 0.0564. The second-order valence-corrected chi connectivity index (χ2v) is 18.6. The molecule has 7 aromatic rings. The number of benzene rings is 7. The molecule has 1 amide bonds. The summed E-state index contributed by atoms with van der Waals surface area (Å²) in [5, 5.41) is 25.3. The van der Waals surface area contributed by atoms with Gasteiger partial charge < -0.3 is 53.4 Å². The van der Waals surface area contributed by atoms with Crippen molar-refractivity contribution in [3.8, 4) is 16.9 Å². The molecule has 0 spiro atoms. The maximum atomic E-state index is 12.5. The zero-order valence-corrected chi connectivity index (χ0v) is 41.6. The van der Waals surface area contributed by atoms with Crippen molar-refractivity contribution in [1.29, 1.82) is 0 Å². The minimum Gasteiger partial charge on any atom is -0.462 e. The van der Waals surface area contributed by atoms with E-state index in [4.69, 9.17) is 37.9 Å². The molecule has 10 atom stereocenters. The van der Waals surface area contributed by atoms with E-state index >= 15 is 0 Å². The summed E-state index contributed by atoms with van der Waals surface area (Å²) >= 11 is 0. The Morgan fingerprint density at radius 1 is 0.446 bits per heavy atom. The molecule has 12 heteroatoms. The number of carbonyl (C=O) groups excluding carboxylic acids is 1. The maximum Gasteiger partial charge on any atom is 0.251 e. The van der Waals surface area contributed by atoms with Crippen molar-refractivity contribution < 1.29 is 52.9 Å². The molecule has 2 fully saturated rings. The summed E-state index contributed by atoms with van der Waals surface area (Å²) in [4.78, 5) is 12.5. The average Bonchev–Trinajstić information content (AvgIpc) is 3.46. The van der Waals surface area contributed by atoms with Gasteiger partial charge in [-0.25, -0.2) is 0 Å². The van der Waals surface area contributed by atoms with E-state index in [1.165, 1.54) is 0 Å². The molecule has 0 unspecified atom stereocenters. The van der Waals surface area contributed by atoms with Crippen LogP contribution in [0.15, 0.2) is 200 Å². The van der Waals surface area contributed by atoms with E-state index in [1.807, 2.05) is 194 Å². The van der Waals surface area contributed by atoms with Crippen LogP contribution in [-0.4, -0.2) is 91.5 Å². The lowest BCUT2D eigenvalue weighted by Gasteiger charge is -2.50. The highest BCUT2D eigenvalue weighted by Gasteiger charge is 2.54. The van der Waals surface area contributed by atoms with Crippen LogP contribution in [0.3, 0.4) is 0 Å². The molecule has 9 rings (SSSR count). The van der Waals surface area contributed by atoms with Crippen LogP contribution in [0.5, 0.6) is 5.75 Å². The molecule has 2 saturated heterocycles. The maximum absolute atomic E-state index is 12.5. The third kappa shape index (κ3) is 13.8. The minimum absolute atomic E-state index is 0.173. The van der Waals surface area contributed by atoms with Crippen molar-refractivity contribution in [2.45, 2.75) is 94.6 Å².